The molecule has 0 radical (unpaired) electrons. The number of hydrogen-bond donors (Lipinski definition) is 2. The highest BCUT2D eigenvalue weighted by Gasteiger charge is 2.16. The molecule has 1 amide bonds. The van der Waals surface area contributed by atoms with E-state index in [0.717, 1.165) is 54.1 Å². The number of ether oxygens (including phenoxy) is 2. The van der Waals surface area contributed by atoms with E-state index in [0.29, 0.717) is 5.75 Å². The van der Waals surface area contributed by atoms with Gasteiger partial charge in [0, 0.05) is 46.8 Å². The Morgan fingerprint density at radius 2 is 1.74 bits per heavy atom. The molecule has 6 nitrogen and oxygen atoms in total. The molecule has 1 saturated heterocycles. The van der Waals surface area contributed by atoms with Crippen molar-refractivity contribution in [2.75, 3.05) is 36.5 Å². The molecule has 1 aliphatic rings. The normalized spacial score (nSPS) is 15.2. The number of carbonyl (C=O) groups excluding carboxylic acids is 1. The summed E-state index contributed by atoms with van der Waals surface area (Å²) in [7, 11) is 0. The van der Waals surface area contributed by atoms with E-state index >= 15 is 0 Å². The van der Waals surface area contributed by atoms with E-state index in [4.69, 9.17) is 9.47 Å². The minimum atomic E-state index is -0.624. The van der Waals surface area contributed by atoms with E-state index in [1.165, 1.54) is 5.39 Å². The summed E-state index contributed by atoms with van der Waals surface area (Å²) in [5.74, 6) is 0.472. The Labute approximate surface area is 180 Å². The third kappa shape index (κ3) is 4.07. The Hall–Kier alpha value is -3.51. The highest BCUT2D eigenvalue weighted by atomic mass is 16.5. The fourth-order valence-electron chi connectivity index (χ4n) is 3.99. The van der Waals surface area contributed by atoms with Crippen LogP contribution in [0.15, 0.2) is 66.7 Å². The number of H-pyrrole nitrogens is 1. The van der Waals surface area contributed by atoms with Crippen LogP contribution in [0.1, 0.15) is 6.92 Å². The Bertz CT molecular complexity index is 1210. The van der Waals surface area contributed by atoms with Crippen molar-refractivity contribution in [3.63, 3.8) is 0 Å². The van der Waals surface area contributed by atoms with Crippen LogP contribution in [0.3, 0.4) is 0 Å². The van der Waals surface area contributed by atoms with E-state index in [-0.39, 0.29) is 5.91 Å². The zero-order chi connectivity index (χ0) is 21.2. The lowest BCUT2D eigenvalue weighted by Crippen LogP contribution is -2.36. The Kier molecular flexibility index (Phi) is 5.22. The molecule has 0 saturated carbocycles. The molecule has 31 heavy (non-hydrogen) atoms. The van der Waals surface area contributed by atoms with E-state index in [1.54, 1.807) is 6.92 Å². The van der Waals surface area contributed by atoms with E-state index < -0.39 is 6.10 Å². The van der Waals surface area contributed by atoms with Gasteiger partial charge in [0.1, 0.15) is 5.75 Å². The highest BCUT2D eigenvalue weighted by Crippen LogP contribution is 2.28. The summed E-state index contributed by atoms with van der Waals surface area (Å²) >= 11 is 0. The van der Waals surface area contributed by atoms with Gasteiger partial charge < -0.3 is 24.7 Å². The van der Waals surface area contributed by atoms with Crippen LogP contribution in [0.25, 0.3) is 21.8 Å². The van der Waals surface area contributed by atoms with Crippen LogP contribution in [-0.4, -0.2) is 43.3 Å². The molecule has 1 atom stereocenters. The second-order valence-electron chi connectivity index (χ2n) is 7.77. The van der Waals surface area contributed by atoms with Gasteiger partial charge in [0.25, 0.3) is 5.91 Å². The summed E-state index contributed by atoms with van der Waals surface area (Å²) in [5.41, 5.74) is 3.96. The number of para-hydroxylation sites is 1. The zero-order valence-corrected chi connectivity index (χ0v) is 17.4. The number of rotatable bonds is 5. The van der Waals surface area contributed by atoms with Crippen LogP contribution in [-0.2, 0) is 9.53 Å². The summed E-state index contributed by atoms with van der Waals surface area (Å²) in [6.45, 7) is 5.02. The third-order valence-corrected chi connectivity index (χ3v) is 5.67. The summed E-state index contributed by atoms with van der Waals surface area (Å²) in [4.78, 5) is 18.3. The van der Waals surface area contributed by atoms with Crippen LogP contribution < -0.4 is 15.0 Å². The van der Waals surface area contributed by atoms with Crippen LogP contribution in [0.2, 0.25) is 0 Å². The summed E-state index contributed by atoms with van der Waals surface area (Å²) < 4.78 is 11.3. The second kappa shape index (κ2) is 8.32. The fourth-order valence-corrected chi connectivity index (χ4v) is 3.99. The van der Waals surface area contributed by atoms with Crippen molar-refractivity contribution in [3.8, 4) is 5.75 Å². The summed E-state index contributed by atoms with van der Waals surface area (Å²) in [6.07, 6.45) is -0.624. The third-order valence-electron chi connectivity index (χ3n) is 5.67. The molecule has 0 spiro atoms. The molecule has 1 unspecified atom stereocenters. The lowest BCUT2D eigenvalue weighted by Gasteiger charge is -2.29. The maximum absolute atomic E-state index is 12.6. The summed E-state index contributed by atoms with van der Waals surface area (Å²) in [5, 5.41) is 5.25. The molecular weight excluding hydrogens is 390 g/mol. The minimum absolute atomic E-state index is 0.184. The van der Waals surface area contributed by atoms with Crippen LogP contribution in [0.4, 0.5) is 11.4 Å². The standard InChI is InChI=1S/C25H25N3O3/c1-17(25(29)26-18-6-8-19(9-7-18)28-12-14-30-15-13-28)31-20-10-11-22-21-4-2-3-5-23(21)27-24(22)16-20/h2-11,16-17,27H,12-15H2,1H3,(H,26,29). The molecule has 4 aromatic rings. The van der Waals surface area contributed by atoms with Crippen molar-refractivity contribution < 1.29 is 14.3 Å². The van der Waals surface area contributed by atoms with Gasteiger partial charge in [-0.15, -0.1) is 0 Å². The van der Waals surface area contributed by atoms with Gasteiger partial charge in [0.2, 0.25) is 0 Å². The van der Waals surface area contributed by atoms with Crippen molar-refractivity contribution in [1.29, 1.82) is 0 Å². The predicted molar refractivity (Wildman–Crippen MR) is 124 cm³/mol. The Morgan fingerprint density at radius 3 is 2.55 bits per heavy atom. The van der Waals surface area contributed by atoms with Gasteiger partial charge in [0.05, 0.1) is 18.7 Å². The first kappa shape index (κ1) is 19.5. The number of nitrogens with zero attached hydrogens (tertiary/aromatic N) is 1. The van der Waals surface area contributed by atoms with Gasteiger partial charge >= 0.3 is 0 Å². The first-order valence-electron chi connectivity index (χ1n) is 10.6. The largest absolute Gasteiger partial charge is 0.481 e. The van der Waals surface area contributed by atoms with Gasteiger partial charge in [-0.1, -0.05) is 18.2 Å². The summed E-state index contributed by atoms with van der Waals surface area (Å²) in [6, 6.07) is 21.9. The second-order valence-corrected chi connectivity index (χ2v) is 7.77. The number of morpholine rings is 1. The molecule has 158 valence electrons. The lowest BCUT2D eigenvalue weighted by atomic mass is 10.1. The van der Waals surface area contributed by atoms with Crippen LogP contribution in [0, 0.1) is 0 Å². The average Bonchev–Trinajstić information content (AvgIpc) is 3.18. The predicted octanol–water partition coefficient (Wildman–Crippen LogP) is 4.56. The molecule has 5 rings (SSSR count). The quantitative estimate of drug-likeness (QED) is 0.501. The van der Waals surface area contributed by atoms with E-state index in [2.05, 4.69) is 27.3 Å². The van der Waals surface area contributed by atoms with Gasteiger partial charge in [0.15, 0.2) is 6.10 Å². The van der Waals surface area contributed by atoms with Crippen molar-refractivity contribution in [3.05, 3.63) is 66.7 Å². The first-order valence-corrected chi connectivity index (χ1v) is 10.6. The zero-order valence-electron chi connectivity index (χ0n) is 17.4. The van der Waals surface area contributed by atoms with E-state index in [9.17, 15) is 4.79 Å². The number of aromatic nitrogens is 1. The topological polar surface area (TPSA) is 66.6 Å². The van der Waals surface area contributed by atoms with Gasteiger partial charge in [-0.05, 0) is 49.4 Å². The SMILES string of the molecule is CC(Oc1ccc2c(c1)[nH]c1ccccc12)C(=O)Nc1ccc(N2CCOCC2)cc1. The lowest BCUT2D eigenvalue weighted by molar-refractivity contribution is -0.122. The maximum atomic E-state index is 12.6. The Morgan fingerprint density at radius 1 is 1.00 bits per heavy atom. The van der Waals surface area contributed by atoms with Crippen LogP contribution in [0.5, 0.6) is 5.75 Å². The molecule has 3 aromatic carbocycles. The number of benzene rings is 3. The highest BCUT2D eigenvalue weighted by molar-refractivity contribution is 6.07. The number of anilines is 2. The number of hydrogen-bond acceptors (Lipinski definition) is 4. The molecular formula is C25H25N3O3. The van der Waals surface area contributed by atoms with E-state index in [1.807, 2.05) is 54.6 Å². The molecule has 0 aliphatic carbocycles. The van der Waals surface area contributed by atoms with Crippen molar-refractivity contribution in [2.24, 2.45) is 0 Å². The monoisotopic (exact) mass is 415 g/mol. The molecule has 1 aliphatic heterocycles. The number of fused-ring (bicyclic) bond motifs is 3. The average molecular weight is 415 g/mol. The molecule has 0 bridgehead atoms. The maximum Gasteiger partial charge on any atom is 0.265 e. The minimum Gasteiger partial charge on any atom is -0.481 e. The van der Waals surface area contributed by atoms with Gasteiger partial charge in [-0.3, -0.25) is 4.79 Å². The Balaban J connectivity index is 1.24. The van der Waals surface area contributed by atoms with Crippen LogP contribution >= 0.6 is 0 Å². The van der Waals surface area contributed by atoms with Crippen molar-refractivity contribution >= 4 is 39.1 Å². The molecule has 2 heterocycles. The smallest absolute Gasteiger partial charge is 0.265 e. The number of nitrogens with one attached hydrogen (secondary N) is 2. The fraction of sp³-hybridized carbons (Fsp3) is 0.240. The van der Waals surface area contributed by atoms with Gasteiger partial charge in [-0.25, -0.2) is 0 Å². The number of amides is 1. The number of aromatic amines is 1. The first-order chi connectivity index (χ1) is 15.2. The molecule has 1 aromatic heterocycles. The molecule has 6 heteroatoms. The molecule has 2 N–H and O–H groups in total. The van der Waals surface area contributed by atoms with Crippen molar-refractivity contribution in [2.45, 2.75) is 13.0 Å². The number of carbonyl (C=O) groups is 1. The van der Waals surface area contributed by atoms with Gasteiger partial charge in [-0.2, -0.15) is 0 Å². The van der Waals surface area contributed by atoms with Crippen molar-refractivity contribution in [1.82, 2.24) is 4.98 Å². The molecule has 1 fully saturated rings.